The summed E-state index contributed by atoms with van der Waals surface area (Å²) in [6, 6.07) is 4.70. The summed E-state index contributed by atoms with van der Waals surface area (Å²) in [5.41, 5.74) is 0.519. The minimum absolute atomic E-state index is 0.0490. The predicted octanol–water partition coefficient (Wildman–Crippen LogP) is 2.24. The smallest absolute Gasteiger partial charge is 0.406 e. The number of nitrogens with zero attached hydrogens (tertiary/aromatic N) is 1. The van der Waals surface area contributed by atoms with E-state index in [2.05, 4.69) is 4.74 Å². The van der Waals surface area contributed by atoms with E-state index >= 15 is 0 Å². The van der Waals surface area contributed by atoms with Gasteiger partial charge in [0.15, 0.2) is 9.84 Å². The Morgan fingerprint density at radius 3 is 2.42 bits per heavy atom. The molecular weight excluding hydrogens is 347 g/mol. The maximum atomic E-state index is 12.1. The van der Waals surface area contributed by atoms with Crippen LogP contribution < -0.4 is 4.74 Å². The van der Waals surface area contributed by atoms with Crippen molar-refractivity contribution in [3.63, 3.8) is 0 Å². The molecule has 0 bridgehead atoms. The first kappa shape index (κ1) is 18.3. The third kappa shape index (κ3) is 5.26. The normalized spacial score (nSPS) is 20.2. The second-order valence-corrected chi connectivity index (χ2v) is 7.68. The summed E-state index contributed by atoms with van der Waals surface area (Å²) >= 11 is 0. The third-order valence-electron chi connectivity index (χ3n) is 3.64. The average Bonchev–Trinajstić information content (AvgIpc) is 2.84. The van der Waals surface area contributed by atoms with Gasteiger partial charge in [0.1, 0.15) is 5.75 Å². The van der Waals surface area contributed by atoms with E-state index in [1.165, 1.54) is 36.2 Å². The fourth-order valence-corrected chi connectivity index (χ4v) is 4.10. The van der Waals surface area contributed by atoms with Crippen LogP contribution in [-0.2, 0) is 14.6 Å². The number of alkyl halides is 3. The summed E-state index contributed by atoms with van der Waals surface area (Å²) in [6.45, 7) is 0. The quantitative estimate of drug-likeness (QED) is 0.770. The van der Waals surface area contributed by atoms with E-state index in [1.807, 2.05) is 0 Å². The molecule has 1 atom stereocenters. The van der Waals surface area contributed by atoms with Gasteiger partial charge in [0.25, 0.3) is 0 Å². The highest BCUT2D eigenvalue weighted by Gasteiger charge is 2.32. The van der Waals surface area contributed by atoms with Crippen LogP contribution >= 0.6 is 0 Å². The molecular formula is C15H16F3NO4S. The lowest BCUT2D eigenvalue weighted by atomic mass is 10.2. The second kappa shape index (κ2) is 6.84. The first-order valence-electron chi connectivity index (χ1n) is 7.07. The van der Waals surface area contributed by atoms with E-state index in [0.29, 0.717) is 12.0 Å². The topological polar surface area (TPSA) is 63.7 Å². The molecule has 9 heteroatoms. The van der Waals surface area contributed by atoms with Crippen LogP contribution in [0.5, 0.6) is 5.75 Å². The van der Waals surface area contributed by atoms with Crippen LogP contribution in [0, 0.1) is 0 Å². The van der Waals surface area contributed by atoms with Gasteiger partial charge in [0, 0.05) is 19.2 Å². The molecule has 5 nitrogen and oxygen atoms in total. The molecule has 1 aliphatic heterocycles. The highest BCUT2D eigenvalue weighted by molar-refractivity contribution is 7.91. The highest BCUT2D eigenvalue weighted by Crippen LogP contribution is 2.23. The van der Waals surface area contributed by atoms with E-state index in [1.54, 1.807) is 0 Å². The van der Waals surface area contributed by atoms with Crippen molar-refractivity contribution in [2.45, 2.75) is 18.8 Å². The zero-order chi connectivity index (χ0) is 18.0. The predicted molar refractivity (Wildman–Crippen MR) is 82.0 cm³/mol. The number of ether oxygens (including phenoxy) is 1. The number of carbonyl (C=O) groups is 1. The molecule has 2 rings (SSSR count). The molecule has 132 valence electrons. The molecule has 0 radical (unpaired) electrons. The Morgan fingerprint density at radius 2 is 1.92 bits per heavy atom. The maximum Gasteiger partial charge on any atom is 0.573 e. The number of halogens is 3. The lowest BCUT2D eigenvalue weighted by Crippen LogP contribution is -2.36. The van der Waals surface area contributed by atoms with Crippen molar-refractivity contribution in [2.75, 3.05) is 18.6 Å². The molecule has 0 unspecified atom stereocenters. The molecule has 0 saturated carbocycles. The van der Waals surface area contributed by atoms with Gasteiger partial charge in [-0.2, -0.15) is 0 Å². The number of sulfone groups is 1. The Bertz CT molecular complexity index is 726. The van der Waals surface area contributed by atoms with Gasteiger partial charge in [0.05, 0.1) is 11.5 Å². The number of carbonyl (C=O) groups excluding carboxylic acids is 1. The van der Waals surface area contributed by atoms with Crippen LogP contribution in [0.2, 0.25) is 0 Å². The van der Waals surface area contributed by atoms with Crippen LogP contribution in [0.15, 0.2) is 30.3 Å². The number of amides is 1. The highest BCUT2D eigenvalue weighted by atomic mass is 32.2. The number of benzene rings is 1. The Morgan fingerprint density at radius 1 is 1.29 bits per heavy atom. The van der Waals surface area contributed by atoms with Gasteiger partial charge in [-0.25, -0.2) is 8.42 Å². The SMILES string of the molecule is CN(C(=O)/C=C/c1ccc(OC(F)(F)F)cc1)[C@H]1CCS(=O)(=O)C1. The summed E-state index contributed by atoms with van der Waals surface area (Å²) in [7, 11) is -1.56. The monoisotopic (exact) mass is 363 g/mol. The summed E-state index contributed by atoms with van der Waals surface area (Å²) in [6.07, 6.45) is -1.65. The van der Waals surface area contributed by atoms with E-state index in [0.717, 1.165) is 12.1 Å². The Balaban J connectivity index is 1.96. The van der Waals surface area contributed by atoms with Crippen molar-refractivity contribution < 1.29 is 31.1 Å². The molecule has 1 aliphatic rings. The Hall–Kier alpha value is -2.03. The van der Waals surface area contributed by atoms with Crippen molar-refractivity contribution in [1.29, 1.82) is 0 Å². The first-order valence-corrected chi connectivity index (χ1v) is 8.89. The summed E-state index contributed by atoms with van der Waals surface area (Å²) in [5.74, 6) is -0.696. The van der Waals surface area contributed by atoms with Crippen LogP contribution in [0.4, 0.5) is 13.2 Å². The van der Waals surface area contributed by atoms with Gasteiger partial charge < -0.3 is 9.64 Å². The average molecular weight is 363 g/mol. The minimum Gasteiger partial charge on any atom is -0.406 e. The number of rotatable bonds is 4. The Kier molecular flexibility index (Phi) is 5.22. The summed E-state index contributed by atoms with van der Waals surface area (Å²) in [4.78, 5) is 13.4. The van der Waals surface area contributed by atoms with Crippen LogP contribution in [-0.4, -0.2) is 50.2 Å². The number of hydrogen-bond acceptors (Lipinski definition) is 4. The van der Waals surface area contributed by atoms with Crippen molar-refractivity contribution in [3.8, 4) is 5.75 Å². The maximum absolute atomic E-state index is 12.1. The van der Waals surface area contributed by atoms with Crippen LogP contribution in [0.1, 0.15) is 12.0 Å². The van der Waals surface area contributed by atoms with Gasteiger partial charge in [-0.15, -0.1) is 13.2 Å². The molecule has 1 amide bonds. The number of likely N-dealkylation sites (N-methyl/N-ethyl adjacent to an activating group) is 1. The molecule has 1 aromatic carbocycles. The molecule has 0 N–H and O–H groups in total. The molecule has 1 heterocycles. The molecule has 0 aliphatic carbocycles. The van der Waals surface area contributed by atoms with Crippen LogP contribution in [0.25, 0.3) is 6.08 Å². The van der Waals surface area contributed by atoms with Crippen molar-refractivity contribution in [2.24, 2.45) is 0 Å². The zero-order valence-corrected chi connectivity index (χ0v) is 13.6. The molecule has 1 fully saturated rings. The summed E-state index contributed by atoms with van der Waals surface area (Å²) < 4.78 is 62.8. The summed E-state index contributed by atoms with van der Waals surface area (Å²) in [5, 5.41) is 0. The van der Waals surface area contributed by atoms with E-state index < -0.39 is 16.2 Å². The second-order valence-electron chi connectivity index (χ2n) is 5.46. The molecule has 1 aromatic rings. The molecule has 1 saturated heterocycles. The van der Waals surface area contributed by atoms with E-state index in [9.17, 15) is 26.4 Å². The van der Waals surface area contributed by atoms with Crippen LogP contribution in [0.3, 0.4) is 0 Å². The van der Waals surface area contributed by atoms with Crippen molar-refractivity contribution >= 4 is 21.8 Å². The van der Waals surface area contributed by atoms with Crippen molar-refractivity contribution in [1.82, 2.24) is 4.90 Å². The fraction of sp³-hybridized carbons (Fsp3) is 0.400. The van der Waals surface area contributed by atoms with E-state index in [-0.39, 0.29) is 29.2 Å². The van der Waals surface area contributed by atoms with E-state index in [4.69, 9.17) is 0 Å². The largest absolute Gasteiger partial charge is 0.573 e. The Labute approximate surface area is 137 Å². The third-order valence-corrected chi connectivity index (χ3v) is 5.39. The lowest BCUT2D eigenvalue weighted by Gasteiger charge is -2.21. The molecule has 24 heavy (non-hydrogen) atoms. The van der Waals surface area contributed by atoms with Gasteiger partial charge in [0.2, 0.25) is 5.91 Å². The lowest BCUT2D eigenvalue weighted by molar-refractivity contribution is -0.274. The first-order chi connectivity index (χ1) is 11.1. The fourth-order valence-electron chi connectivity index (χ4n) is 2.33. The van der Waals surface area contributed by atoms with Crippen molar-refractivity contribution in [3.05, 3.63) is 35.9 Å². The molecule has 0 spiro atoms. The zero-order valence-electron chi connectivity index (χ0n) is 12.8. The van der Waals surface area contributed by atoms with Gasteiger partial charge in [-0.3, -0.25) is 4.79 Å². The number of hydrogen-bond donors (Lipinski definition) is 0. The van der Waals surface area contributed by atoms with Gasteiger partial charge in [-0.05, 0) is 30.2 Å². The molecule has 0 aromatic heterocycles. The van der Waals surface area contributed by atoms with Gasteiger partial charge in [-0.1, -0.05) is 12.1 Å². The standard InChI is InChI=1S/C15H16F3NO4S/c1-19(12-8-9-24(21,22)10-12)14(20)7-4-11-2-5-13(6-3-11)23-15(16,17)18/h2-7,12H,8-10H2,1H3/b7-4+/t12-/m0/s1. The minimum atomic E-state index is -4.75. The van der Waals surface area contributed by atoms with Gasteiger partial charge >= 0.3 is 6.36 Å².